The number of nitrogens with two attached hydrogens (primary N) is 1. The molecule has 0 fully saturated rings. The third-order valence-electron chi connectivity index (χ3n) is 3.26. The smallest absolute Gasteiger partial charge is 0.241 e. The molecule has 0 spiro atoms. The minimum absolute atomic E-state index is 0.118. The fourth-order valence-electron chi connectivity index (χ4n) is 1.94. The van der Waals surface area contributed by atoms with Gasteiger partial charge in [0, 0.05) is 5.69 Å². The van der Waals surface area contributed by atoms with Gasteiger partial charge in [-0.3, -0.25) is 4.79 Å². The molecule has 1 unspecified atom stereocenters. The maximum Gasteiger partial charge on any atom is 0.241 e. The first kappa shape index (κ1) is 14.3. The molecular weight excluding hydrogens is 248 g/mol. The Kier molecular flexibility index (Phi) is 4.53. The third-order valence-corrected chi connectivity index (χ3v) is 3.26. The molecule has 0 saturated carbocycles. The van der Waals surface area contributed by atoms with Gasteiger partial charge in [-0.1, -0.05) is 56.3 Å². The van der Waals surface area contributed by atoms with Crippen molar-refractivity contribution in [2.45, 2.75) is 19.9 Å². The molecule has 2 rings (SSSR count). The summed E-state index contributed by atoms with van der Waals surface area (Å²) >= 11 is 0. The molecule has 0 aliphatic carbocycles. The van der Waals surface area contributed by atoms with E-state index in [-0.39, 0.29) is 11.8 Å². The van der Waals surface area contributed by atoms with Crippen LogP contribution in [-0.2, 0) is 4.79 Å². The van der Waals surface area contributed by atoms with Crippen LogP contribution in [0.3, 0.4) is 0 Å². The highest BCUT2D eigenvalue weighted by atomic mass is 16.2. The zero-order valence-electron chi connectivity index (χ0n) is 11.8. The molecule has 0 aromatic heterocycles. The van der Waals surface area contributed by atoms with Crippen LogP contribution in [0.15, 0.2) is 54.6 Å². The Bertz CT molecular complexity index is 579. The number of nitrogens with one attached hydrogen (secondary N) is 1. The topological polar surface area (TPSA) is 55.1 Å². The molecule has 20 heavy (non-hydrogen) atoms. The van der Waals surface area contributed by atoms with E-state index in [1.807, 2.05) is 68.4 Å². The van der Waals surface area contributed by atoms with E-state index in [0.717, 1.165) is 16.8 Å². The molecule has 104 valence electrons. The van der Waals surface area contributed by atoms with Crippen molar-refractivity contribution in [1.82, 2.24) is 0 Å². The van der Waals surface area contributed by atoms with Crippen molar-refractivity contribution in [3.05, 3.63) is 54.6 Å². The molecule has 0 saturated heterocycles. The highest BCUT2D eigenvalue weighted by Gasteiger charge is 2.17. The fourth-order valence-corrected chi connectivity index (χ4v) is 1.94. The minimum atomic E-state index is -0.490. The molecule has 0 bridgehead atoms. The monoisotopic (exact) mass is 268 g/mol. The van der Waals surface area contributed by atoms with Gasteiger partial charge in [0.2, 0.25) is 5.91 Å². The summed E-state index contributed by atoms with van der Waals surface area (Å²) in [5, 5.41) is 2.87. The van der Waals surface area contributed by atoms with E-state index in [2.05, 4.69) is 5.32 Å². The van der Waals surface area contributed by atoms with Crippen molar-refractivity contribution in [2.75, 3.05) is 5.32 Å². The van der Waals surface area contributed by atoms with Crippen LogP contribution in [0.5, 0.6) is 0 Å². The summed E-state index contributed by atoms with van der Waals surface area (Å²) in [4.78, 5) is 12.0. The van der Waals surface area contributed by atoms with Gasteiger partial charge < -0.3 is 11.1 Å². The Morgan fingerprint density at radius 1 is 1.00 bits per heavy atom. The lowest BCUT2D eigenvalue weighted by atomic mass is 10.0. The minimum Gasteiger partial charge on any atom is -0.325 e. The number of rotatable bonds is 4. The molecule has 0 radical (unpaired) electrons. The predicted molar refractivity (Wildman–Crippen MR) is 83.3 cm³/mol. The van der Waals surface area contributed by atoms with Gasteiger partial charge in [-0.15, -0.1) is 0 Å². The predicted octanol–water partition coefficient (Wildman–Crippen LogP) is 3.28. The first-order chi connectivity index (χ1) is 9.58. The van der Waals surface area contributed by atoms with Crippen molar-refractivity contribution in [3.63, 3.8) is 0 Å². The Morgan fingerprint density at radius 2 is 1.65 bits per heavy atom. The van der Waals surface area contributed by atoms with Crippen LogP contribution in [0.4, 0.5) is 5.69 Å². The largest absolute Gasteiger partial charge is 0.325 e. The standard InChI is InChI=1S/C17H20N2O/c1-12(2)16(18)17(20)19-15-10-6-9-14(11-15)13-7-4-3-5-8-13/h3-12,16H,18H2,1-2H3,(H,19,20). The first-order valence-corrected chi connectivity index (χ1v) is 6.80. The van der Waals surface area contributed by atoms with Gasteiger partial charge in [0.05, 0.1) is 6.04 Å². The molecule has 3 heteroatoms. The Labute approximate surface area is 119 Å². The van der Waals surface area contributed by atoms with Gasteiger partial charge in [0.25, 0.3) is 0 Å². The molecule has 0 aliphatic rings. The van der Waals surface area contributed by atoms with Gasteiger partial charge in [-0.25, -0.2) is 0 Å². The lowest BCUT2D eigenvalue weighted by molar-refractivity contribution is -0.118. The van der Waals surface area contributed by atoms with Crippen LogP contribution >= 0.6 is 0 Å². The van der Waals surface area contributed by atoms with Crippen molar-refractivity contribution >= 4 is 11.6 Å². The average Bonchev–Trinajstić information content (AvgIpc) is 2.47. The van der Waals surface area contributed by atoms with Crippen molar-refractivity contribution < 1.29 is 4.79 Å². The molecule has 3 N–H and O–H groups in total. The molecular formula is C17H20N2O. The molecule has 2 aromatic rings. The van der Waals surface area contributed by atoms with Gasteiger partial charge in [-0.2, -0.15) is 0 Å². The fraction of sp³-hybridized carbons (Fsp3) is 0.235. The summed E-state index contributed by atoms with van der Waals surface area (Å²) in [5.74, 6) is -0.0301. The molecule has 1 atom stereocenters. The summed E-state index contributed by atoms with van der Waals surface area (Å²) in [7, 11) is 0. The number of benzene rings is 2. The van der Waals surface area contributed by atoms with E-state index in [9.17, 15) is 4.79 Å². The average molecular weight is 268 g/mol. The van der Waals surface area contributed by atoms with Crippen LogP contribution in [0.1, 0.15) is 13.8 Å². The third kappa shape index (κ3) is 3.45. The van der Waals surface area contributed by atoms with E-state index in [4.69, 9.17) is 5.73 Å². The van der Waals surface area contributed by atoms with Gasteiger partial charge >= 0.3 is 0 Å². The van der Waals surface area contributed by atoms with E-state index >= 15 is 0 Å². The Morgan fingerprint density at radius 3 is 2.30 bits per heavy atom. The van der Waals surface area contributed by atoms with Crippen LogP contribution in [0.2, 0.25) is 0 Å². The number of carbonyl (C=O) groups is 1. The highest BCUT2D eigenvalue weighted by molar-refractivity contribution is 5.95. The molecule has 0 heterocycles. The summed E-state index contributed by atoms with van der Waals surface area (Å²) in [6.45, 7) is 3.87. The summed E-state index contributed by atoms with van der Waals surface area (Å²) in [6.07, 6.45) is 0. The summed E-state index contributed by atoms with van der Waals surface area (Å²) in [5.41, 5.74) is 8.81. The Hall–Kier alpha value is -2.13. The SMILES string of the molecule is CC(C)C(N)C(=O)Nc1cccc(-c2ccccc2)c1. The molecule has 1 amide bonds. The maximum atomic E-state index is 12.0. The van der Waals surface area contributed by atoms with Crippen LogP contribution in [0, 0.1) is 5.92 Å². The summed E-state index contributed by atoms with van der Waals surface area (Å²) < 4.78 is 0. The van der Waals surface area contributed by atoms with Crippen molar-refractivity contribution in [3.8, 4) is 11.1 Å². The highest BCUT2D eigenvalue weighted by Crippen LogP contribution is 2.22. The molecule has 2 aromatic carbocycles. The number of hydrogen-bond acceptors (Lipinski definition) is 2. The van der Waals surface area contributed by atoms with E-state index in [0.29, 0.717) is 0 Å². The second-order valence-electron chi connectivity index (χ2n) is 5.21. The molecule has 0 aliphatic heterocycles. The zero-order valence-corrected chi connectivity index (χ0v) is 11.8. The van der Waals surface area contributed by atoms with Crippen LogP contribution < -0.4 is 11.1 Å². The van der Waals surface area contributed by atoms with Crippen molar-refractivity contribution in [2.24, 2.45) is 11.7 Å². The normalized spacial score (nSPS) is 12.2. The van der Waals surface area contributed by atoms with E-state index in [1.165, 1.54) is 0 Å². The number of amides is 1. The van der Waals surface area contributed by atoms with Crippen molar-refractivity contribution in [1.29, 1.82) is 0 Å². The second kappa shape index (κ2) is 6.35. The molecule has 3 nitrogen and oxygen atoms in total. The van der Waals surface area contributed by atoms with Gasteiger partial charge in [0.15, 0.2) is 0 Å². The number of carbonyl (C=O) groups excluding carboxylic acids is 1. The van der Waals surface area contributed by atoms with Gasteiger partial charge in [0.1, 0.15) is 0 Å². The second-order valence-corrected chi connectivity index (χ2v) is 5.21. The Balaban J connectivity index is 2.17. The quantitative estimate of drug-likeness (QED) is 0.894. The first-order valence-electron chi connectivity index (χ1n) is 6.80. The lowest BCUT2D eigenvalue weighted by Crippen LogP contribution is -2.39. The van der Waals surface area contributed by atoms with Crippen LogP contribution in [-0.4, -0.2) is 11.9 Å². The maximum absolute atomic E-state index is 12.0. The van der Waals surface area contributed by atoms with Crippen LogP contribution in [0.25, 0.3) is 11.1 Å². The summed E-state index contributed by atoms with van der Waals surface area (Å²) in [6, 6.07) is 17.3. The van der Waals surface area contributed by atoms with Gasteiger partial charge in [-0.05, 0) is 29.2 Å². The zero-order chi connectivity index (χ0) is 14.5. The number of anilines is 1. The van der Waals surface area contributed by atoms with E-state index in [1.54, 1.807) is 0 Å². The lowest BCUT2D eigenvalue weighted by Gasteiger charge is -2.15. The number of hydrogen-bond donors (Lipinski definition) is 2. The van der Waals surface area contributed by atoms with E-state index < -0.39 is 6.04 Å².